The molecule has 0 aliphatic rings. The summed E-state index contributed by atoms with van der Waals surface area (Å²) in [5.41, 5.74) is 0. The molecule has 0 radical (unpaired) electrons. The molecule has 1 aromatic heterocycles. The van der Waals surface area contributed by atoms with E-state index in [-0.39, 0.29) is 18.0 Å². The van der Waals surface area contributed by atoms with Crippen molar-refractivity contribution in [1.29, 1.82) is 0 Å². The molecular weight excluding hydrogens is 344 g/mol. The number of Topliss-reactive ketones (excluding diaryl/α,β-unsaturated/α-hetero) is 1. The number of hydrogen-bond acceptors (Lipinski definition) is 4. The van der Waals surface area contributed by atoms with Crippen LogP contribution in [0.25, 0.3) is 0 Å². The zero-order valence-corrected chi connectivity index (χ0v) is 17.7. The van der Waals surface area contributed by atoms with E-state index in [1.54, 1.807) is 6.26 Å². The highest BCUT2D eigenvalue weighted by atomic mass is 28.4. The van der Waals surface area contributed by atoms with Gasteiger partial charge in [-0.1, -0.05) is 32.1 Å². The van der Waals surface area contributed by atoms with Crippen molar-refractivity contribution in [1.82, 2.24) is 0 Å². The summed E-state index contributed by atoms with van der Waals surface area (Å²) in [7, 11) is -1.74. The molecule has 0 aromatic carbocycles. The smallest absolute Gasteiger partial charge is 0.205 e. The maximum atomic E-state index is 11.9. The molecule has 0 aliphatic heterocycles. The molecule has 0 saturated carbocycles. The standard InChI is InChI=1S/C21H34O4Si/c1-5-6-7-11-18(22)12-8-13-19(23)14-9-15-21(25-26(2,3)4)20-16-10-17-24-20/h10,16-18,21-22H,5-8,11-13,15H2,1-4H3. The van der Waals surface area contributed by atoms with Gasteiger partial charge in [-0.3, -0.25) is 4.79 Å². The maximum Gasteiger partial charge on any atom is 0.205 e. The lowest BCUT2D eigenvalue weighted by molar-refractivity contribution is -0.114. The van der Waals surface area contributed by atoms with E-state index in [9.17, 15) is 9.90 Å². The number of unbranched alkanes of at least 4 members (excludes halogenated alkanes) is 2. The Bertz CT molecular complexity index is 563. The summed E-state index contributed by atoms with van der Waals surface area (Å²) in [6, 6.07) is 3.72. The zero-order chi connectivity index (χ0) is 19.4. The Kier molecular flexibility index (Phi) is 10.6. The van der Waals surface area contributed by atoms with Crippen LogP contribution in [0.2, 0.25) is 19.6 Å². The van der Waals surface area contributed by atoms with E-state index in [0.717, 1.165) is 31.4 Å². The van der Waals surface area contributed by atoms with Crippen molar-refractivity contribution >= 4 is 14.1 Å². The molecule has 1 aromatic rings. The van der Waals surface area contributed by atoms with E-state index in [0.29, 0.717) is 25.7 Å². The SMILES string of the molecule is CCCCCC(O)CCCC(=O)C#CCC(O[Si](C)(C)C)c1ccco1. The lowest BCUT2D eigenvalue weighted by Gasteiger charge is -2.23. The Morgan fingerprint density at radius 2 is 2.00 bits per heavy atom. The van der Waals surface area contributed by atoms with E-state index >= 15 is 0 Å². The quantitative estimate of drug-likeness (QED) is 0.234. The number of carbonyl (C=O) groups excluding carboxylic acids is 1. The van der Waals surface area contributed by atoms with Gasteiger partial charge in [-0.05, 0) is 57.0 Å². The predicted molar refractivity (Wildman–Crippen MR) is 107 cm³/mol. The van der Waals surface area contributed by atoms with Gasteiger partial charge in [0.1, 0.15) is 11.9 Å². The molecule has 2 unspecified atom stereocenters. The van der Waals surface area contributed by atoms with E-state index in [2.05, 4.69) is 38.4 Å². The summed E-state index contributed by atoms with van der Waals surface area (Å²) in [5.74, 6) is 6.34. The van der Waals surface area contributed by atoms with Crippen LogP contribution in [-0.2, 0) is 9.22 Å². The van der Waals surface area contributed by atoms with Crippen molar-refractivity contribution < 1.29 is 18.7 Å². The molecule has 0 spiro atoms. The number of furan rings is 1. The topological polar surface area (TPSA) is 59.7 Å². The molecule has 26 heavy (non-hydrogen) atoms. The summed E-state index contributed by atoms with van der Waals surface area (Å²) in [4.78, 5) is 11.9. The van der Waals surface area contributed by atoms with E-state index < -0.39 is 8.32 Å². The first-order valence-electron chi connectivity index (χ1n) is 9.72. The molecule has 0 fully saturated rings. The minimum absolute atomic E-state index is 0.0723. The Morgan fingerprint density at radius 1 is 1.27 bits per heavy atom. The fraction of sp³-hybridized carbons (Fsp3) is 0.667. The van der Waals surface area contributed by atoms with E-state index in [1.807, 2.05) is 12.1 Å². The number of rotatable bonds is 12. The first-order chi connectivity index (χ1) is 12.3. The lowest BCUT2D eigenvalue weighted by atomic mass is 10.0. The normalized spacial score (nSPS) is 13.7. The molecule has 5 heteroatoms. The number of hydrogen-bond donors (Lipinski definition) is 1. The molecule has 1 heterocycles. The van der Waals surface area contributed by atoms with Crippen LogP contribution in [0.3, 0.4) is 0 Å². The molecule has 4 nitrogen and oxygen atoms in total. The van der Waals surface area contributed by atoms with Crippen molar-refractivity contribution in [3.05, 3.63) is 24.2 Å². The number of carbonyl (C=O) groups is 1. The molecule has 0 amide bonds. The van der Waals surface area contributed by atoms with Crippen LogP contribution in [0.1, 0.15) is 70.2 Å². The minimum Gasteiger partial charge on any atom is -0.467 e. The number of aliphatic hydroxyl groups is 1. The van der Waals surface area contributed by atoms with Crippen molar-refractivity contribution in [3.63, 3.8) is 0 Å². The third-order valence-electron chi connectivity index (χ3n) is 3.95. The zero-order valence-electron chi connectivity index (χ0n) is 16.7. The van der Waals surface area contributed by atoms with Crippen LogP contribution in [0, 0.1) is 11.8 Å². The average molecular weight is 379 g/mol. The molecule has 0 bridgehead atoms. The lowest BCUT2D eigenvalue weighted by Crippen LogP contribution is -2.27. The molecule has 0 aliphatic carbocycles. The highest BCUT2D eigenvalue weighted by Crippen LogP contribution is 2.25. The highest BCUT2D eigenvalue weighted by Gasteiger charge is 2.23. The Balaban J connectivity index is 2.38. The molecule has 1 rings (SSSR count). The van der Waals surface area contributed by atoms with Gasteiger partial charge in [-0.2, -0.15) is 0 Å². The van der Waals surface area contributed by atoms with Crippen LogP contribution >= 0.6 is 0 Å². The second-order valence-electron chi connectivity index (χ2n) is 7.71. The summed E-state index contributed by atoms with van der Waals surface area (Å²) in [5, 5.41) is 9.88. The van der Waals surface area contributed by atoms with Crippen LogP contribution in [0.15, 0.2) is 22.8 Å². The highest BCUT2D eigenvalue weighted by molar-refractivity contribution is 6.69. The van der Waals surface area contributed by atoms with Crippen molar-refractivity contribution in [2.45, 2.75) is 90.1 Å². The summed E-state index contributed by atoms with van der Waals surface area (Å²) in [6.07, 6.45) is 7.50. The van der Waals surface area contributed by atoms with Gasteiger partial charge >= 0.3 is 0 Å². The Hall–Kier alpha value is -1.35. The fourth-order valence-electron chi connectivity index (χ4n) is 2.68. The van der Waals surface area contributed by atoms with E-state index in [1.165, 1.54) is 0 Å². The molecular formula is C21H34O4Si. The molecule has 2 atom stereocenters. The monoisotopic (exact) mass is 378 g/mol. The molecule has 146 valence electrons. The van der Waals surface area contributed by atoms with Crippen LogP contribution < -0.4 is 0 Å². The second-order valence-corrected chi connectivity index (χ2v) is 12.2. The first kappa shape index (κ1) is 22.7. The Morgan fingerprint density at radius 3 is 2.62 bits per heavy atom. The predicted octanol–water partition coefficient (Wildman–Crippen LogP) is 5.25. The van der Waals surface area contributed by atoms with Gasteiger partial charge in [0.2, 0.25) is 5.78 Å². The molecule has 1 N–H and O–H groups in total. The summed E-state index contributed by atoms with van der Waals surface area (Å²) >= 11 is 0. The Labute approximate surface area is 159 Å². The third kappa shape index (κ3) is 10.6. The van der Waals surface area contributed by atoms with E-state index in [4.69, 9.17) is 8.84 Å². The molecule has 0 saturated heterocycles. The first-order valence-corrected chi connectivity index (χ1v) is 13.1. The van der Waals surface area contributed by atoms with Gasteiger partial charge < -0.3 is 13.9 Å². The van der Waals surface area contributed by atoms with Gasteiger partial charge in [0, 0.05) is 12.8 Å². The third-order valence-corrected chi connectivity index (χ3v) is 4.95. The van der Waals surface area contributed by atoms with Crippen molar-refractivity contribution in [2.24, 2.45) is 0 Å². The summed E-state index contributed by atoms with van der Waals surface area (Å²) < 4.78 is 11.6. The van der Waals surface area contributed by atoms with Crippen molar-refractivity contribution in [2.75, 3.05) is 0 Å². The van der Waals surface area contributed by atoms with Crippen LogP contribution in [0.5, 0.6) is 0 Å². The van der Waals surface area contributed by atoms with Crippen LogP contribution in [0.4, 0.5) is 0 Å². The van der Waals surface area contributed by atoms with Gasteiger partial charge in [-0.25, -0.2) is 0 Å². The van der Waals surface area contributed by atoms with Crippen molar-refractivity contribution in [3.8, 4) is 11.8 Å². The van der Waals surface area contributed by atoms with Gasteiger partial charge in [0.05, 0.1) is 12.4 Å². The van der Waals surface area contributed by atoms with Gasteiger partial charge in [-0.15, -0.1) is 0 Å². The average Bonchev–Trinajstić information content (AvgIpc) is 3.07. The minimum atomic E-state index is -1.74. The van der Waals surface area contributed by atoms with Gasteiger partial charge in [0.25, 0.3) is 0 Å². The van der Waals surface area contributed by atoms with Crippen LogP contribution in [-0.4, -0.2) is 25.3 Å². The number of ketones is 1. The second kappa shape index (κ2) is 12.1. The largest absolute Gasteiger partial charge is 0.467 e. The fourth-order valence-corrected chi connectivity index (χ4v) is 3.73. The van der Waals surface area contributed by atoms with Gasteiger partial charge in [0.15, 0.2) is 8.32 Å². The maximum absolute atomic E-state index is 11.9. The number of aliphatic hydroxyl groups excluding tert-OH is 1. The summed E-state index contributed by atoms with van der Waals surface area (Å²) in [6.45, 7) is 8.50.